The predicted molar refractivity (Wildman–Crippen MR) is 134 cm³/mol. The van der Waals surface area contributed by atoms with E-state index in [1.807, 2.05) is 65.6 Å². The Bertz CT molecular complexity index is 1420. The summed E-state index contributed by atoms with van der Waals surface area (Å²) in [6, 6.07) is 21.3. The number of aliphatic carboxylic acids is 1. The monoisotopic (exact) mass is 527 g/mol. The molecular weight excluding hydrogens is 503 g/mol. The lowest BCUT2D eigenvalue weighted by atomic mass is 10.0. The summed E-state index contributed by atoms with van der Waals surface area (Å²) < 4.78 is 42.8. The van der Waals surface area contributed by atoms with Crippen molar-refractivity contribution < 1.29 is 37.0 Å². The number of pyridine rings is 1. The minimum atomic E-state index is -5.08. The zero-order valence-electron chi connectivity index (χ0n) is 20.3. The van der Waals surface area contributed by atoms with Gasteiger partial charge in [0.1, 0.15) is 11.4 Å². The van der Waals surface area contributed by atoms with E-state index in [1.54, 1.807) is 13.4 Å². The number of carboxylic acid groups (broad SMARTS) is 1. The van der Waals surface area contributed by atoms with Crippen LogP contribution in [0, 0.1) is 0 Å². The fourth-order valence-electron chi connectivity index (χ4n) is 4.11. The van der Waals surface area contributed by atoms with Crippen molar-refractivity contribution in [3.05, 3.63) is 78.6 Å². The highest BCUT2D eigenvalue weighted by Gasteiger charge is 2.38. The van der Waals surface area contributed by atoms with Crippen LogP contribution in [0.25, 0.3) is 22.4 Å². The van der Waals surface area contributed by atoms with Gasteiger partial charge in [0.15, 0.2) is 5.76 Å². The Kier molecular flexibility index (Phi) is 7.85. The zero-order chi connectivity index (χ0) is 27.3. The lowest BCUT2D eigenvalue weighted by Gasteiger charge is -2.36. The maximum atomic E-state index is 13.5. The second-order valence-electron chi connectivity index (χ2n) is 8.30. The minimum absolute atomic E-state index is 0.0195. The first-order valence-electron chi connectivity index (χ1n) is 11.6. The van der Waals surface area contributed by atoms with Crippen LogP contribution in [0.5, 0.6) is 5.75 Å². The molecule has 2 aromatic heterocycles. The van der Waals surface area contributed by atoms with Crippen molar-refractivity contribution in [2.75, 3.05) is 38.2 Å². The van der Waals surface area contributed by atoms with E-state index in [4.69, 9.17) is 24.0 Å². The summed E-state index contributed by atoms with van der Waals surface area (Å²) in [6.07, 6.45) is -3.47. The number of fused-ring (bicyclic) bond motifs is 1. The summed E-state index contributed by atoms with van der Waals surface area (Å²) in [7, 11) is 1.68. The van der Waals surface area contributed by atoms with Crippen LogP contribution in [-0.2, 0) is 4.79 Å². The van der Waals surface area contributed by atoms with Gasteiger partial charge in [-0.05, 0) is 36.4 Å². The Balaban J connectivity index is 0.000000426. The number of alkyl halides is 3. The number of ether oxygens (including phenoxy) is 1. The van der Waals surface area contributed by atoms with Gasteiger partial charge >= 0.3 is 12.1 Å². The molecular formula is C27H24F3N3O5. The maximum Gasteiger partial charge on any atom is 0.490 e. The Morgan fingerprint density at radius 1 is 0.974 bits per heavy atom. The van der Waals surface area contributed by atoms with Crippen LogP contribution in [0.4, 0.5) is 18.9 Å². The van der Waals surface area contributed by atoms with Gasteiger partial charge in [-0.15, -0.1) is 0 Å². The second kappa shape index (κ2) is 11.2. The molecule has 0 bridgehead atoms. The summed E-state index contributed by atoms with van der Waals surface area (Å²) in [4.78, 5) is 31.3. The molecule has 1 amide bonds. The van der Waals surface area contributed by atoms with Gasteiger partial charge in [-0.1, -0.05) is 30.3 Å². The smallest absolute Gasteiger partial charge is 0.490 e. The number of halogens is 3. The number of para-hydroxylation sites is 3. The second-order valence-corrected chi connectivity index (χ2v) is 8.30. The standard InChI is InChI=1S/C25H23N3O3.C2HF3O2/c1-30-24-10-5-4-9-22(24)27-12-14-28(15-13-27)25(29)19-17-21(23-11-6-16-31-23)26-20-8-3-2-7-18(19)20;3-2(4,5)1(6)7/h2-11,16-17H,12-15H2,1H3;(H,6,7). The van der Waals surface area contributed by atoms with Crippen molar-refractivity contribution in [3.8, 4) is 17.2 Å². The quantitative estimate of drug-likeness (QED) is 0.395. The lowest BCUT2D eigenvalue weighted by molar-refractivity contribution is -0.192. The van der Waals surface area contributed by atoms with E-state index in [2.05, 4.69) is 11.0 Å². The lowest BCUT2D eigenvalue weighted by Crippen LogP contribution is -2.49. The first-order chi connectivity index (χ1) is 18.2. The van der Waals surface area contributed by atoms with Crippen LogP contribution < -0.4 is 9.64 Å². The normalized spacial score (nSPS) is 13.6. The van der Waals surface area contributed by atoms with Gasteiger partial charge in [0.2, 0.25) is 0 Å². The van der Waals surface area contributed by atoms with Gasteiger partial charge in [-0.3, -0.25) is 4.79 Å². The molecule has 0 aliphatic carbocycles. The molecule has 3 heterocycles. The van der Waals surface area contributed by atoms with Crippen LogP contribution >= 0.6 is 0 Å². The topological polar surface area (TPSA) is 96.1 Å². The molecule has 1 N–H and O–H groups in total. The van der Waals surface area contributed by atoms with Crippen molar-refractivity contribution in [1.29, 1.82) is 0 Å². The molecule has 11 heteroatoms. The molecule has 38 heavy (non-hydrogen) atoms. The molecule has 0 saturated carbocycles. The van der Waals surface area contributed by atoms with Crippen LogP contribution in [0.3, 0.4) is 0 Å². The van der Waals surface area contributed by atoms with E-state index in [9.17, 15) is 18.0 Å². The van der Waals surface area contributed by atoms with Gasteiger partial charge in [0.05, 0.1) is 30.1 Å². The molecule has 0 unspecified atom stereocenters. The number of hydrogen-bond acceptors (Lipinski definition) is 6. The number of rotatable bonds is 4. The molecule has 2 aromatic carbocycles. The third-order valence-electron chi connectivity index (χ3n) is 5.96. The van der Waals surface area contributed by atoms with Gasteiger partial charge in [-0.2, -0.15) is 13.2 Å². The number of anilines is 1. The van der Waals surface area contributed by atoms with E-state index >= 15 is 0 Å². The Labute approximate surface area is 215 Å². The van der Waals surface area contributed by atoms with Crippen molar-refractivity contribution in [2.24, 2.45) is 0 Å². The highest BCUT2D eigenvalue weighted by atomic mass is 19.4. The summed E-state index contributed by atoms with van der Waals surface area (Å²) in [5.74, 6) is -1.23. The molecule has 1 aliphatic rings. The number of nitrogens with zero attached hydrogens (tertiary/aromatic N) is 3. The summed E-state index contributed by atoms with van der Waals surface area (Å²) in [5.41, 5.74) is 3.17. The number of carboxylic acids is 1. The van der Waals surface area contributed by atoms with Crippen LogP contribution in [0.1, 0.15) is 10.4 Å². The van der Waals surface area contributed by atoms with Crippen molar-refractivity contribution >= 4 is 28.5 Å². The highest BCUT2D eigenvalue weighted by molar-refractivity contribution is 6.07. The molecule has 1 fully saturated rings. The number of carbonyl (C=O) groups is 2. The summed E-state index contributed by atoms with van der Waals surface area (Å²) >= 11 is 0. The van der Waals surface area contributed by atoms with E-state index in [1.165, 1.54) is 0 Å². The molecule has 0 spiro atoms. The molecule has 0 radical (unpaired) electrons. The van der Waals surface area contributed by atoms with E-state index < -0.39 is 12.1 Å². The van der Waals surface area contributed by atoms with Gasteiger partial charge in [0, 0.05) is 31.6 Å². The first-order valence-corrected chi connectivity index (χ1v) is 11.6. The zero-order valence-corrected chi connectivity index (χ0v) is 20.3. The fourth-order valence-corrected chi connectivity index (χ4v) is 4.11. The molecule has 1 saturated heterocycles. The number of carbonyl (C=O) groups excluding carboxylic acids is 1. The Morgan fingerprint density at radius 2 is 1.63 bits per heavy atom. The number of piperazine rings is 1. The molecule has 4 aromatic rings. The van der Waals surface area contributed by atoms with Gasteiger partial charge in [0.25, 0.3) is 5.91 Å². The molecule has 5 rings (SSSR count). The summed E-state index contributed by atoms with van der Waals surface area (Å²) in [6.45, 7) is 2.79. The van der Waals surface area contributed by atoms with E-state index in [0.717, 1.165) is 35.4 Å². The van der Waals surface area contributed by atoms with Crippen molar-refractivity contribution in [2.45, 2.75) is 6.18 Å². The minimum Gasteiger partial charge on any atom is -0.495 e. The Morgan fingerprint density at radius 3 is 2.26 bits per heavy atom. The molecule has 1 aliphatic heterocycles. The number of methoxy groups -OCH3 is 1. The number of benzene rings is 2. The predicted octanol–water partition coefficient (Wildman–Crippen LogP) is 5.10. The van der Waals surface area contributed by atoms with Gasteiger partial charge in [-0.25, -0.2) is 9.78 Å². The van der Waals surface area contributed by atoms with Gasteiger partial charge < -0.3 is 24.1 Å². The molecule has 8 nitrogen and oxygen atoms in total. The third-order valence-corrected chi connectivity index (χ3v) is 5.96. The van der Waals surface area contributed by atoms with E-state index in [-0.39, 0.29) is 5.91 Å². The third kappa shape index (κ3) is 5.88. The maximum absolute atomic E-state index is 13.5. The van der Waals surface area contributed by atoms with E-state index in [0.29, 0.717) is 30.1 Å². The Hall–Kier alpha value is -4.54. The van der Waals surface area contributed by atoms with Crippen molar-refractivity contribution in [1.82, 2.24) is 9.88 Å². The number of amides is 1. The van der Waals surface area contributed by atoms with Crippen molar-refractivity contribution in [3.63, 3.8) is 0 Å². The average Bonchev–Trinajstić information content (AvgIpc) is 3.47. The first kappa shape index (κ1) is 26.5. The number of furan rings is 1. The number of hydrogen-bond donors (Lipinski definition) is 1. The largest absolute Gasteiger partial charge is 0.495 e. The average molecular weight is 527 g/mol. The SMILES string of the molecule is COc1ccccc1N1CCN(C(=O)c2cc(-c3ccco3)nc3ccccc23)CC1.O=C(O)C(F)(F)F. The van der Waals surface area contributed by atoms with Crippen LogP contribution in [0.15, 0.2) is 77.4 Å². The fraction of sp³-hybridized carbons (Fsp3) is 0.222. The number of aromatic nitrogens is 1. The molecule has 0 atom stereocenters. The van der Waals surface area contributed by atoms with Crippen LogP contribution in [-0.4, -0.2) is 66.3 Å². The molecule has 198 valence electrons. The highest BCUT2D eigenvalue weighted by Crippen LogP contribution is 2.30. The van der Waals surface area contributed by atoms with Crippen LogP contribution in [0.2, 0.25) is 0 Å². The summed E-state index contributed by atoms with van der Waals surface area (Å²) in [5, 5.41) is 7.98.